The summed E-state index contributed by atoms with van der Waals surface area (Å²) in [5.74, 6) is -0.646. The molecule has 0 aromatic carbocycles. The van der Waals surface area contributed by atoms with Crippen molar-refractivity contribution in [3.05, 3.63) is 0 Å². The van der Waals surface area contributed by atoms with Crippen molar-refractivity contribution < 1.29 is 32.5 Å². The van der Waals surface area contributed by atoms with Gasteiger partial charge in [0, 0.05) is 6.61 Å². The van der Waals surface area contributed by atoms with Gasteiger partial charge in [0.25, 0.3) is 6.43 Å². The van der Waals surface area contributed by atoms with E-state index in [0.717, 1.165) is 12.8 Å². The minimum atomic E-state index is -2.62. The van der Waals surface area contributed by atoms with Gasteiger partial charge in [-0.15, -0.1) is 0 Å². The molecule has 0 aromatic heterocycles. The number of ether oxygens (including phenoxy) is 4. The van der Waals surface area contributed by atoms with Gasteiger partial charge in [-0.25, -0.2) is 8.78 Å². The highest BCUT2D eigenvalue weighted by Crippen LogP contribution is 2.17. The number of halogens is 2. The molecule has 1 aliphatic heterocycles. The van der Waals surface area contributed by atoms with Crippen LogP contribution in [0, 0.1) is 0 Å². The predicted octanol–water partition coefficient (Wildman–Crippen LogP) is 1.11. The standard InChI is InChI=1S/C14H25F2NO5/c1-3-4-5-20-11-7-19-6-10(17)14(18)22-9(2)13(11)21-8-12(15)16/h9-13H,3-8,17H2,1-2H3/t9-,10-,11-,13-/m0/s1. The molecule has 0 bridgehead atoms. The van der Waals surface area contributed by atoms with Crippen LogP contribution in [-0.4, -0.2) is 63.2 Å². The summed E-state index contributed by atoms with van der Waals surface area (Å²) >= 11 is 0. The Morgan fingerprint density at radius 2 is 2.09 bits per heavy atom. The Morgan fingerprint density at radius 3 is 2.73 bits per heavy atom. The van der Waals surface area contributed by atoms with E-state index in [9.17, 15) is 13.6 Å². The number of alkyl halides is 2. The van der Waals surface area contributed by atoms with Crippen LogP contribution < -0.4 is 5.73 Å². The molecule has 4 atom stereocenters. The van der Waals surface area contributed by atoms with E-state index in [1.165, 1.54) is 0 Å². The summed E-state index contributed by atoms with van der Waals surface area (Å²) in [4.78, 5) is 11.7. The first-order chi connectivity index (χ1) is 10.5. The van der Waals surface area contributed by atoms with Gasteiger partial charge in [0.1, 0.15) is 31.0 Å². The van der Waals surface area contributed by atoms with Gasteiger partial charge in [0.2, 0.25) is 0 Å². The molecule has 6 nitrogen and oxygen atoms in total. The minimum absolute atomic E-state index is 0.0131. The summed E-state index contributed by atoms with van der Waals surface area (Å²) < 4.78 is 46.2. The lowest BCUT2D eigenvalue weighted by Gasteiger charge is -2.30. The number of rotatable bonds is 7. The van der Waals surface area contributed by atoms with E-state index >= 15 is 0 Å². The molecule has 1 fully saturated rings. The van der Waals surface area contributed by atoms with Crippen LogP contribution in [0.25, 0.3) is 0 Å². The fraction of sp³-hybridized carbons (Fsp3) is 0.929. The highest BCUT2D eigenvalue weighted by molar-refractivity contribution is 5.75. The van der Waals surface area contributed by atoms with Gasteiger partial charge in [0.05, 0.1) is 13.2 Å². The molecule has 1 rings (SSSR count). The Hall–Kier alpha value is -0.830. The summed E-state index contributed by atoms with van der Waals surface area (Å²) in [6, 6.07) is -0.910. The fourth-order valence-electron chi connectivity index (χ4n) is 2.06. The van der Waals surface area contributed by atoms with E-state index in [0.29, 0.717) is 6.61 Å². The van der Waals surface area contributed by atoms with E-state index in [1.807, 2.05) is 6.92 Å². The largest absolute Gasteiger partial charge is 0.459 e. The average Bonchev–Trinajstić information content (AvgIpc) is 2.49. The number of unbranched alkanes of at least 4 members (excludes halogenated alkanes) is 1. The van der Waals surface area contributed by atoms with Crippen molar-refractivity contribution in [3.63, 3.8) is 0 Å². The molecule has 8 heteroatoms. The van der Waals surface area contributed by atoms with Crippen molar-refractivity contribution in [1.29, 1.82) is 0 Å². The summed E-state index contributed by atoms with van der Waals surface area (Å²) in [5.41, 5.74) is 5.61. The molecule has 0 amide bonds. The molecule has 1 aliphatic rings. The van der Waals surface area contributed by atoms with E-state index in [2.05, 4.69) is 0 Å². The van der Waals surface area contributed by atoms with Crippen LogP contribution in [0.4, 0.5) is 8.78 Å². The molecule has 0 radical (unpaired) electrons. The molecule has 0 aromatic rings. The zero-order valence-electron chi connectivity index (χ0n) is 13.0. The predicted molar refractivity (Wildman–Crippen MR) is 74.7 cm³/mol. The monoisotopic (exact) mass is 325 g/mol. The molecular formula is C14H25F2NO5. The summed E-state index contributed by atoms with van der Waals surface area (Å²) in [7, 11) is 0. The highest BCUT2D eigenvalue weighted by Gasteiger charge is 2.35. The van der Waals surface area contributed by atoms with Crippen LogP contribution in [-0.2, 0) is 23.7 Å². The second kappa shape index (κ2) is 10.0. The normalized spacial score (nSPS) is 30.5. The third-order valence-electron chi connectivity index (χ3n) is 3.26. The van der Waals surface area contributed by atoms with Gasteiger partial charge in [-0.3, -0.25) is 4.79 Å². The molecule has 130 valence electrons. The van der Waals surface area contributed by atoms with Crippen molar-refractivity contribution in [2.45, 2.75) is 57.5 Å². The number of nitrogens with two attached hydrogens (primary N) is 1. The lowest BCUT2D eigenvalue weighted by atomic mass is 10.1. The van der Waals surface area contributed by atoms with Crippen molar-refractivity contribution in [2.75, 3.05) is 26.4 Å². The van der Waals surface area contributed by atoms with E-state index in [-0.39, 0.29) is 13.2 Å². The van der Waals surface area contributed by atoms with E-state index < -0.39 is 43.4 Å². The van der Waals surface area contributed by atoms with Gasteiger partial charge in [0.15, 0.2) is 0 Å². The first-order valence-corrected chi connectivity index (χ1v) is 7.50. The number of cyclic esters (lactones) is 1. The fourth-order valence-corrected chi connectivity index (χ4v) is 2.06. The third-order valence-corrected chi connectivity index (χ3v) is 3.26. The first-order valence-electron chi connectivity index (χ1n) is 7.50. The number of esters is 1. The lowest BCUT2D eigenvalue weighted by Crippen LogP contribution is -2.45. The molecule has 0 saturated carbocycles. The molecule has 1 heterocycles. The van der Waals surface area contributed by atoms with Gasteiger partial charge >= 0.3 is 5.97 Å². The van der Waals surface area contributed by atoms with Gasteiger partial charge < -0.3 is 24.7 Å². The number of carbonyl (C=O) groups excluding carboxylic acids is 1. The summed E-state index contributed by atoms with van der Waals surface area (Å²) in [5, 5.41) is 0. The second-order valence-corrected chi connectivity index (χ2v) is 5.24. The van der Waals surface area contributed by atoms with Crippen molar-refractivity contribution in [3.8, 4) is 0 Å². The maximum atomic E-state index is 12.4. The molecule has 0 unspecified atom stereocenters. The zero-order chi connectivity index (χ0) is 16.5. The second-order valence-electron chi connectivity index (χ2n) is 5.24. The van der Waals surface area contributed by atoms with Crippen LogP contribution in [0.2, 0.25) is 0 Å². The summed E-state index contributed by atoms with van der Waals surface area (Å²) in [6.45, 7) is 3.37. The number of hydrogen-bond donors (Lipinski definition) is 1. The van der Waals surface area contributed by atoms with E-state index in [4.69, 9.17) is 24.7 Å². The third kappa shape index (κ3) is 6.51. The maximum Gasteiger partial charge on any atom is 0.325 e. The van der Waals surface area contributed by atoms with Crippen molar-refractivity contribution in [2.24, 2.45) is 5.73 Å². The van der Waals surface area contributed by atoms with Gasteiger partial charge in [-0.05, 0) is 13.3 Å². The maximum absolute atomic E-state index is 12.4. The molecule has 0 spiro atoms. The molecular weight excluding hydrogens is 300 g/mol. The number of hydrogen-bond acceptors (Lipinski definition) is 6. The average molecular weight is 325 g/mol. The molecule has 22 heavy (non-hydrogen) atoms. The SMILES string of the molecule is CCCCO[C@H]1COC[C@H](N)C(=O)O[C@@H](C)[C@@H]1OCC(F)F. The molecule has 0 aliphatic carbocycles. The zero-order valence-corrected chi connectivity index (χ0v) is 13.0. The van der Waals surface area contributed by atoms with Crippen LogP contribution in [0.5, 0.6) is 0 Å². The van der Waals surface area contributed by atoms with Crippen LogP contribution in [0.3, 0.4) is 0 Å². The van der Waals surface area contributed by atoms with Gasteiger partial charge in [-0.2, -0.15) is 0 Å². The van der Waals surface area contributed by atoms with Crippen molar-refractivity contribution >= 4 is 5.97 Å². The topological polar surface area (TPSA) is 80.0 Å². The molecule has 1 saturated heterocycles. The Bertz CT molecular complexity index is 332. The Balaban J connectivity index is 2.77. The first kappa shape index (κ1) is 19.2. The smallest absolute Gasteiger partial charge is 0.325 e. The lowest BCUT2D eigenvalue weighted by molar-refractivity contribution is -0.172. The van der Waals surface area contributed by atoms with Gasteiger partial charge in [-0.1, -0.05) is 13.3 Å². The van der Waals surface area contributed by atoms with E-state index in [1.54, 1.807) is 6.92 Å². The molecule has 2 N–H and O–H groups in total. The minimum Gasteiger partial charge on any atom is -0.459 e. The quantitative estimate of drug-likeness (QED) is 0.558. The van der Waals surface area contributed by atoms with Crippen molar-refractivity contribution in [1.82, 2.24) is 0 Å². The summed E-state index contributed by atoms with van der Waals surface area (Å²) in [6.07, 6.45) is -3.05. The van der Waals surface area contributed by atoms with Crippen LogP contribution in [0.15, 0.2) is 0 Å². The number of carbonyl (C=O) groups is 1. The Kier molecular flexibility index (Phi) is 8.77. The van der Waals surface area contributed by atoms with Crippen LogP contribution >= 0.6 is 0 Å². The Morgan fingerprint density at radius 1 is 1.36 bits per heavy atom. The van der Waals surface area contributed by atoms with Crippen LogP contribution in [0.1, 0.15) is 26.7 Å². The Labute approximate surface area is 129 Å². The highest BCUT2D eigenvalue weighted by atomic mass is 19.3.